The third-order valence-electron chi connectivity index (χ3n) is 6.60. The summed E-state index contributed by atoms with van der Waals surface area (Å²) in [5.74, 6) is 1.12. The average molecular weight is 506 g/mol. The molecule has 0 aliphatic carbocycles. The summed E-state index contributed by atoms with van der Waals surface area (Å²) in [5.41, 5.74) is 2.83. The Hall–Kier alpha value is -3.09. The number of aryl methyl sites for hydroxylation is 1. The first kappa shape index (κ1) is 26.0. The van der Waals surface area contributed by atoms with Crippen LogP contribution in [-0.4, -0.2) is 39.6 Å². The molecule has 0 radical (unpaired) electrons. The van der Waals surface area contributed by atoms with Crippen LogP contribution in [0.1, 0.15) is 44.1 Å². The molecule has 0 N–H and O–H groups in total. The van der Waals surface area contributed by atoms with E-state index in [-0.39, 0.29) is 9.79 Å². The first-order valence-corrected chi connectivity index (χ1v) is 14.2. The first-order valence-electron chi connectivity index (χ1n) is 12.7. The van der Waals surface area contributed by atoms with Crippen LogP contribution in [-0.2, 0) is 22.7 Å². The molecule has 0 amide bonds. The Morgan fingerprint density at radius 1 is 0.833 bits per heavy atom. The normalized spacial score (nSPS) is 11.9. The van der Waals surface area contributed by atoms with Gasteiger partial charge in [-0.25, -0.2) is 8.42 Å². The van der Waals surface area contributed by atoms with Crippen molar-refractivity contribution in [3.8, 4) is 5.75 Å². The van der Waals surface area contributed by atoms with Gasteiger partial charge < -0.3 is 14.1 Å². The summed E-state index contributed by atoms with van der Waals surface area (Å²) in [4.78, 5) is 2.82. The zero-order chi connectivity index (χ0) is 25.5. The van der Waals surface area contributed by atoms with E-state index in [0.29, 0.717) is 35.5 Å². The second-order valence-corrected chi connectivity index (χ2v) is 10.8. The first-order chi connectivity index (χ1) is 17.5. The minimum absolute atomic E-state index is 0.229. The van der Waals surface area contributed by atoms with Gasteiger partial charge in [0.25, 0.3) is 0 Å². The molecule has 3 aromatic carbocycles. The fourth-order valence-electron chi connectivity index (χ4n) is 4.41. The van der Waals surface area contributed by atoms with Gasteiger partial charge in [0, 0.05) is 18.4 Å². The quantitative estimate of drug-likeness (QED) is 0.205. The summed E-state index contributed by atoms with van der Waals surface area (Å²) in [7, 11) is -3.80. The van der Waals surface area contributed by atoms with Crippen molar-refractivity contribution in [2.75, 3.05) is 26.2 Å². The molecule has 0 aliphatic rings. The number of sulfone groups is 1. The minimum atomic E-state index is -3.80. The standard InChI is InChI=1S/C30H35NO4S/c1-4-23-12-14-24(15-13-23)22-29-30(27-10-7-8-11-28(27)35-29)36(32,33)26-18-16-25(17-19-26)34-21-9-20-31(5-2)6-3/h7-8,10-19H,4-6,9,20-22H2,1-3H3. The van der Waals surface area contributed by atoms with E-state index >= 15 is 0 Å². The highest BCUT2D eigenvalue weighted by molar-refractivity contribution is 7.91. The van der Waals surface area contributed by atoms with Crippen LogP contribution in [0.2, 0.25) is 0 Å². The number of benzene rings is 3. The Morgan fingerprint density at radius 3 is 2.17 bits per heavy atom. The Labute approximate surface area is 214 Å². The molecule has 0 fully saturated rings. The Kier molecular flexibility index (Phi) is 8.49. The van der Waals surface area contributed by atoms with Gasteiger partial charge in [-0.1, -0.05) is 57.2 Å². The van der Waals surface area contributed by atoms with Crippen LogP contribution in [0.3, 0.4) is 0 Å². The molecule has 190 valence electrons. The molecule has 0 unspecified atom stereocenters. The number of para-hydroxylation sites is 1. The maximum atomic E-state index is 13.8. The van der Waals surface area contributed by atoms with Gasteiger partial charge in [0.1, 0.15) is 22.0 Å². The number of hydrogen-bond donors (Lipinski definition) is 0. The lowest BCUT2D eigenvalue weighted by atomic mass is 10.1. The molecule has 5 nitrogen and oxygen atoms in total. The van der Waals surface area contributed by atoms with Crippen molar-refractivity contribution in [3.05, 3.63) is 89.7 Å². The minimum Gasteiger partial charge on any atom is -0.494 e. The highest BCUT2D eigenvalue weighted by Crippen LogP contribution is 2.35. The lowest BCUT2D eigenvalue weighted by Gasteiger charge is -2.17. The zero-order valence-corrected chi connectivity index (χ0v) is 22.2. The summed E-state index contributed by atoms with van der Waals surface area (Å²) >= 11 is 0. The van der Waals surface area contributed by atoms with E-state index in [1.807, 2.05) is 36.4 Å². The van der Waals surface area contributed by atoms with Crippen molar-refractivity contribution in [3.63, 3.8) is 0 Å². The maximum absolute atomic E-state index is 13.8. The van der Waals surface area contributed by atoms with Gasteiger partial charge in [0.2, 0.25) is 9.84 Å². The van der Waals surface area contributed by atoms with Crippen LogP contribution in [0.5, 0.6) is 5.75 Å². The van der Waals surface area contributed by atoms with Crippen LogP contribution < -0.4 is 4.74 Å². The van der Waals surface area contributed by atoms with Crippen molar-refractivity contribution >= 4 is 20.8 Å². The number of hydrogen-bond acceptors (Lipinski definition) is 5. The molecule has 0 spiro atoms. The summed E-state index contributed by atoms with van der Waals surface area (Å²) in [5, 5.41) is 0.606. The van der Waals surface area contributed by atoms with E-state index in [0.717, 1.165) is 38.0 Å². The molecule has 0 aliphatic heterocycles. The average Bonchev–Trinajstić information content (AvgIpc) is 3.28. The predicted molar refractivity (Wildman–Crippen MR) is 145 cm³/mol. The van der Waals surface area contributed by atoms with Crippen molar-refractivity contribution in [1.29, 1.82) is 0 Å². The van der Waals surface area contributed by atoms with Crippen LogP contribution in [0.4, 0.5) is 0 Å². The number of fused-ring (bicyclic) bond motifs is 1. The second-order valence-electron chi connectivity index (χ2n) is 8.90. The molecule has 6 heteroatoms. The van der Waals surface area contributed by atoms with Crippen LogP contribution >= 0.6 is 0 Å². The summed E-state index contributed by atoms with van der Waals surface area (Å²) in [6.07, 6.45) is 2.28. The summed E-state index contributed by atoms with van der Waals surface area (Å²) < 4.78 is 39.6. The van der Waals surface area contributed by atoms with E-state index in [4.69, 9.17) is 9.15 Å². The lowest BCUT2D eigenvalue weighted by molar-refractivity contribution is 0.249. The van der Waals surface area contributed by atoms with Gasteiger partial charge in [-0.2, -0.15) is 0 Å². The fourth-order valence-corrected chi connectivity index (χ4v) is 6.01. The molecule has 4 rings (SSSR count). The second kappa shape index (κ2) is 11.8. The lowest BCUT2D eigenvalue weighted by Crippen LogP contribution is -2.25. The molecule has 1 aromatic heterocycles. The number of nitrogens with zero attached hydrogens (tertiary/aromatic N) is 1. The molecule has 0 bridgehead atoms. The third kappa shape index (κ3) is 5.82. The van der Waals surface area contributed by atoms with E-state index in [1.165, 1.54) is 5.56 Å². The van der Waals surface area contributed by atoms with Crippen molar-refractivity contribution in [2.24, 2.45) is 0 Å². The van der Waals surface area contributed by atoms with E-state index in [1.54, 1.807) is 24.3 Å². The topological polar surface area (TPSA) is 59.8 Å². The van der Waals surface area contributed by atoms with Gasteiger partial charge in [0.15, 0.2) is 0 Å². The molecule has 0 atom stereocenters. The zero-order valence-electron chi connectivity index (χ0n) is 21.4. The van der Waals surface area contributed by atoms with Gasteiger partial charge in [-0.05, 0) is 73.5 Å². The highest BCUT2D eigenvalue weighted by Gasteiger charge is 2.28. The third-order valence-corrected chi connectivity index (χ3v) is 8.48. The molecular formula is C30H35NO4S. The smallest absolute Gasteiger partial charge is 0.210 e. The summed E-state index contributed by atoms with van der Waals surface area (Å²) in [6, 6.07) is 22.2. The van der Waals surface area contributed by atoms with Gasteiger partial charge in [0.05, 0.1) is 11.5 Å². The van der Waals surface area contributed by atoms with Gasteiger partial charge in [-0.3, -0.25) is 0 Å². The SMILES string of the molecule is CCc1ccc(Cc2oc3ccccc3c2S(=O)(=O)c2ccc(OCCCN(CC)CC)cc2)cc1. The molecule has 36 heavy (non-hydrogen) atoms. The van der Waals surface area contributed by atoms with E-state index in [9.17, 15) is 8.42 Å². The molecular weight excluding hydrogens is 470 g/mol. The molecule has 4 aromatic rings. The van der Waals surface area contributed by atoms with Gasteiger partial charge in [-0.15, -0.1) is 0 Å². The van der Waals surface area contributed by atoms with Crippen molar-refractivity contribution < 1.29 is 17.6 Å². The van der Waals surface area contributed by atoms with Crippen LogP contribution in [0, 0.1) is 0 Å². The van der Waals surface area contributed by atoms with E-state index < -0.39 is 9.84 Å². The predicted octanol–water partition coefficient (Wildman–Crippen LogP) is 6.53. The van der Waals surface area contributed by atoms with Crippen LogP contribution in [0.25, 0.3) is 11.0 Å². The number of rotatable bonds is 12. The fraction of sp³-hybridized carbons (Fsp3) is 0.333. The molecule has 0 saturated heterocycles. The monoisotopic (exact) mass is 505 g/mol. The van der Waals surface area contributed by atoms with Crippen molar-refractivity contribution in [1.82, 2.24) is 4.90 Å². The Morgan fingerprint density at radius 2 is 1.50 bits per heavy atom. The molecule has 0 saturated carbocycles. The van der Waals surface area contributed by atoms with E-state index in [2.05, 4.69) is 37.8 Å². The Balaban J connectivity index is 1.57. The number of furan rings is 1. The van der Waals surface area contributed by atoms with Crippen LogP contribution in [0.15, 0.2) is 87.0 Å². The largest absolute Gasteiger partial charge is 0.494 e. The maximum Gasteiger partial charge on any atom is 0.210 e. The summed E-state index contributed by atoms with van der Waals surface area (Å²) in [6.45, 7) is 10.0. The highest BCUT2D eigenvalue weighted by atomic mass is 32.2. The number of ether oxygens (including phenoxy) is 1. The molecule has 1 heterocycles. The van der Waals surface area contributed by atoms with Crippen molar-refractivity contribution in [2.45, 2.75) is 49.8 Å². The Bertz CT molecular complexity index is 1370. The van der Waals surface area contributed by atoms with Gasteiger partial charge >= 0.3 is 0 Å².